The number of methoxy groups -OCH3 is 1. The summed E-state index contributed by atoms with van der Waals surface area (Å²) in [6.45, 7) is 4.63. The van der Waals surface area contributed by atoms with E-state index in [2.05, 4.69) is 31.0 Å². The van der Waals surface area contributed by atoms with Crippen LogP contribution in [0.2, 0.25) is 0 Å². The molecule has 5 rings (SSSR count). The molecule has 34 heavy (non-hydrogen) atoms. The van der Waals surface area contributed by atoms with Gasteiger partial charge in [-0.05, 0) is 73.9 Å². The van der Waals surface area contributed by atoms with Gasteiger partial charge in [0.2, 0.25) is 5.91 Å². The predicted molar refractivity (Wildman–Crippen MR) is 137 cm³/mol. The third-order valence-electron chi connectivity index (χ3n) is 6.24. The SMILES string of the molecule is COc1cc(C)cc(C)c1-c1cccc2c(N(Cc3cccnc3)C(=O)C3CC3)c(SC)nn12. The number of pyridine rings is 2. The van der Waals surface area contributed by atoms with Crippen molar-refractivity contribution in [3.63, 3.8) is 0 Å². The van der Waals surface area contributed by atoms with E-state index >= 15 is 0 Å². The Morgan fingerprint density at radius 1 is 1.21 bits per heavy atom. The third-order valence-corrected chi connectivity index (χ3v) is 6.90. The van der Waals surface area contributed by atoms with Gasteiger partial charge in [-0.2, -0.15) is 5.10 Å². The summed E-state index contributed by atoms with van der Waals surface area (Å²) < 4.78 is 7.72. The van der Waals surface area contributed by atoms with Gasteiger partial charge in [0.25, 0.3) is 0 Å². The Labute approximate surface area is 204 Å². The number of ether oxygens (including phenoxy) is 1. The fourth-order valence-corrected chi connectivity index (χ4v) is 5.10. The standard InChI is InChI=1S/C27H28N4O2S/c1-17-13-18(2)24(23(14-17)33-3)21-8-5-9-22-25(26(34-4)29-31(21)22)30(27(32)20-10-11-20)16-19-7-6-12-28-15-19/h5-9,12-15,20H,10-11,16H2,1-4H3. The van der Waals surface area contributed by atoms with Crippen molar-refractivity contribution < 1.29 is 9.53 Å². The second-order valence-electron chi connectivity index (χ2n) is 8.78. The van der Waals surface area contributed by atoms with Gasteiger partial charge in [0.1, 0.15) is 16.5 Å². The number of aryl methyl sites for hydroxylation is 2. The van der Waals surface area contributed by atoms with Gasteiger partial charge in [-0.25, -0.2) is 4.52 Å². The molecule has 1 aliphatic rings. The van der Waals surface area contributed by atoms with E-state index < -0.39 is 0 Å². The van der Waals surface area contributed by atoms with Crippen LogP contribution in [0.25, 0.3) is 16.8 Å². The van der Waals surface area contributed by atoms with E-state index in [9.17, 15) is 4.79 Å². The van der Waals surface area contributed by atoms with Gasteiger partial charge in [-0.1, -0.05) is 18.2 Å². The van der Waals surface area contributed by atoms with Gasteiger partial charge < -0.3 is 9.64 Å². The molecule has 0 aliphatic heterocycles. The smallest absolute Gasteiger partial charge is 0.230 e. The first-order valence-electron chi connectivity index (χ1n) is 11.4. The second kappa shape index (κ2) is 9.14. The van der Waals surface area contributed by atoms with Crippen molar-refractivity contribution in [1.82, 2.24) is 14.6 Å². The van der Waals surface area contributed by atoms with E-state index in [0.717, 1.165) is 62.8 Å². The van der Waals surface area contributed by atoms with Crippen LogP contribution in [0.3, 0.4) is 0 Å². The molecule has 0 saturated heterocycles. The fourth-order valence-electron chi connectivity index (χ4n) is 4.53. The molecule has 7 heteroatoms. The highest BCUT2D eigenvalue weighted by Gasteiger charge is 2.36. The van der Waals surface area contributed by atoms with Gasteiger partial charge >= 0.3 is 0 Å². The molecule has 1 aromatic carbocycles. The molecule has 0 spiro atoms. The van der Waals surface area contributed by atoms with Crippen LogP contribution in [0, 0.1) is 19.8 Å². The molecule has 6 nitrogen and oxygen atoms in total. The quantitative estimate of drug-likeness (QED) is 0.324. The summed E-state index contributed by atoms with van der Waals surface area (Å²) in [4.78, 5) is 19.7. The van der Waals surface area contributed by atoms with Gasteiger partial charge in [0.05, 0.1) is 24.9 Å². The number of nitrogens with zero attached hydrogens (tertiary/aromatic N) is 4. The Hall–Kier alpha value is -3.32. The largest absolute Gasteiger partial charge is 0.496 e. The second-order valence-corrected chi connectivity index (χ2v) is 9.58. The zero-order valence-corrected chi connectivity index (χ0v) is 20.7. The van der Waals surface area contributed by atoms with Gasteiger partial charge in [-0.15, -0.1) is 11.8 Å². The van der Waals surface area contributed by atoms with Crippen LogP contribution >= 0.6 is 11.8 Å². The fraction of sp³-hybridized carbons (Fsp3) is 0.296. The number of amides is 1. The number of rotatable bonds is 7. The number of hydrogen-bond acceptors (Lipinski definition) is 5. The first-order valence-corrected chi connectivity index (χ1v) is 12.7. The van der Waals surface area contributed by atoms with E-state index in [0.29, 0.717) is 6.54 Å². The first-order chi connectivity index (χ1) is 16.5. The minimum absolute atomic E-state index is 0.0870. The maximum absolute atomic E-state index is 13.5. The van der Waals surface area contributed by atoms with Crippen LogP contribution in [-0.4, -0.2) is 33.9 Å². The van der Waals surface area contributed by atoms with E-state index in [4.69, 9.17) is 9.84 Å². The van der Waals surface area contributed by atoms with Crippen molar-refractivity contribution in [2.24, 2.45) is 5.92 Å². The van der Waals surface area contributed by atoms with E-state index in [1.54, 1.807) is 25.1 Å². The molecule has 0 unspecified atom stereocenters. The lowest BCUT2D eigenvalue weighted by Crippen LogP contribution is -2.32. The van der Waals surface area contributed by atoms with Crippen molar-refractivity contribution in [2.45, 2.75) is 38.3 Å². The van der Waals surface area contributed by atoms with E-state index in [-0.39, 0.29) is 11.8 Å². The minimum Gasteiger partial charge on any atom is -0.496 e. The normalized spacial score (nSPS) is 13.3. The summed E-state index contributed by atoms with van der Waals surface area (Å²) in [5.41, 5.74) is 6.97. The number of thioether (sulfide) groups is 1. The van der Waals surface area contributed by atoms with Crippen molar-refractivity contribution >= 4 is 28.9 Å². The Morgan fingerprint density at radius 3 is 2.71 bits per heavy atom. The van der Waals surface area contributed by atoms with Crippen molar-refractivity contribution in [3.8, 4) is 17.0 Å². The summed E-state index contributed by atoms with van der Waals surface area (Å²) in [5.74, 6) is 1.06. The molecule has 3 aromatic heterocycles. The zero-order chi connectivity index (χ0) is 23.8. The first kappa shape index (κ1) is 22.5. The lowest BCUT2D eigenvalue weighted by Gasteiger charge is -2.23. The number of hydrogen-bond donors (Lipinski definition) is 0. The van der Waals surface area contributed by atoms with E-state index in [1.165, 1.54) is 0 Å². The van der Waals surface area contributed by atoms with Crippen molar-refractivity contribution in [2.75, 3.05) is 18.3 Å². The Morgan fingerprint density at radius 2 is 2.03 bits per heavy atom. The van der Waals surface area contributed by atoms with Gasteiger partial charge in [0.15, 0.2) is 0 Å². The molecular formula is C27H28N4O2S. The minimum atomic E-state index is 0.0870. The molecule has 0 atom stereocenters. The molecule has 1 saturated carbocycles. The predicted octanol–water partition coefficient (Wildman–Crippen LogP) is 5.69. The molecule has 0 bridgehead atoms. The van der Waals surface area contributed by atoms with Crippen LogP contribution in [0.5, 0.6) is 5.75 Å². The highest BCUT2D eigenvalue weighted by molar-refractivity contribution is 7.98. The number of carbonyl (C=O) groups excluding carboxylic acids is 1. The molecule has 1 aliphatic carbocycles. The molecule has 4 aromatic rings. The summed E-state index contributed by atoms with van der Waals surface area (Å²) in [7, 11) is 1.70. The summed E-state index contributed by atoms with van der Waals surface area (Å²) in [5, 5.41) is 5.81. The van der Waals surface area contributed by atoms with Crippen molar-refractivity contribution in [3.05, 3.63) is 71.5 Å². The molecule has 0 radical (unpaired) electrons. The number of anilines is 1. The lowest BCUT2D eigenvalue weighted by atomic mass is 10.0. The number of aromatic nitrogens is 3. The average molecular weight is 473 g/mol. The Kier molecular flexibility index (Phi) is 6.04. The van der Waals surface area contributed by atoms with E-state index in [1.807, 2.05) is 52.2 Å². The topological polar surface area (TPSA) is 59.7 Å². The number of fused-ring (bicyclic) bond motifs is 1. The number of benzene rings is 1. The van der Waals surface area contributed by atoms with Crippen LogP contribution in [-0.2, 0) is 11.3 Å². The molecule has 1 amide bonds. The molecule has 3 heterocycles. The maximum atomic E-state index is 13.5. The van der Waals surface area contributed by atoms with Gasteiger partial charge in [0, 0.05) is 23.9 Å². The van der Waals surface area contributed by atoms with Crippen LogP contribution in [0.1, 0.15) is 29.5 Å². The average Bonchev–Trinajstić information content (AvgIpc) is 3.62. The highest BCUT2D eigenvalue weighted by atomic mass is 32.2. The molecular weight excluding hydrogens is 444 g/mol. The molecule has 1 fully saturated rings. The summed E-state index contributed by atoms with van der Waals surface area (Å²) >= 11 is 1.56. The summed E-state index contributed by atoms with van der Waals surface area (Å²) in [6, 6.07) is 14.2. The van der Waals surface area contributed by atoms with Crippen molar-refractivity contribution in [1.29, 1.82) is 0 Å². The van der Waals surface area contributed by atoms with Gasteiger partial charge in [-0.3, -0.25) is 9.78 Å². The van der Waals surface area contributed by atoms with Crippen LogP contribution in [0.15, 0.2) is 59.9 Å². The van der Waals surface area contributed by atoms with Crippen LogP contribution in [0.4, 0.5) is 5.69 Å². The Bertz CT molecular complexity index is 1360. The third kappa shape index (κ3) is 4.05. The lowest BCUT2D eigenvalue weighted by molar-refractivity contribution is -0.119. The maximum Gasteiger partial charge on any atom is 0.230 e. The monoisotopic (exact) mass is 472 g/mol. The zero-order valence-electron chi connectivity index (χ0n) is 19.9. The van der Waals surface area contributed by atoms with Crippen LogP contribution < -0.4 is 9.64 Å². The Balaban J connectivity index is 1.71. The molecule has 0 N–H and O–H groups in total. The highest BCUT2D eigenvalue weighted by Crippen LogP contribution is 2.41. The molecule has 174 valence electrons. The number of carbonyl (C=O) groups is 1. The summed E-state index contributed by atoms with van der Waals surface area (Å²) in [6.07, 6.45) is 7.47.